The van der Waals surface area contributed by atoms with Gasteiger partial charge in [0, 0.05) is 0 Å². The fourth-order valence-electron chi connectivity index (χ4n) is 2.43. The number of nitrogens with one attached hydrogen (secondary N) is 1. The normalized spacial score (nSPS) is 11.4. The van der Waals surface area contributed by atoms with E-state index in [4.69, 9.17) is 0 Å². The summed E-state index contributed by atoms with van der Waals surface area (Å²) >= 11 is 0. The van der Waals surface area contributed by atoms with Gasteiger partial charge in [0.05, 0.1) is 23.3 Å². The highest BCUT2D eigenvalue weighted by molar-refractivity contribution is 7.92. The Bertz CT molecular complexity index is 857. The minimum Gasteiger partial charge on any atom is -0.465 e. The molecular weight excluding hydrogens is 326 g/mol. The molecule has 0 spiro atoms. The highest BCUT2D eigenvalue weighted by atomic mass is 32.2. The number of methoxy groups -OCH3 is 1. The Balaban J connectivity index is 2.47. The summed E-state index contributed by atoms with van der Waals surface area (Å²) in [6.45, 7) is 5.68. The largest absolute Gasteiger partial charge is 0.465 e. The molecule has 6 heteroatoms. The van der Waals surface area contributed by atoms with Gasteiger partial charge in [0.25, 0.3) is 10.0 Å². The Morgan fingerprint density at radius 1 is 1.12 bits per heavy atom. The summed E-state index contributed by atoms with van der Waals surface area (Å²) in [6, 6.07) is 11.7. The van der Waals surface area contributed by atoms with Gasteiger partial charge in [0.15, 0.2) is 0 Å². The molecule has 0 heterocycles. The lowest BCUT2D eigenvalue weighted by atomic mass is 10.0. The van der Waals surface area contributed by atoms with Crippen molar-refractivity contribution in [2.75, 3.05) is 11.8 Å². The number of para-hydroxylation sites is 1. The van der Waals surface area contributed by atoms with E-state index in [9.17, 15) is 13.2 Å². The second-order valence-corrected chi connectivity index (χ2v) is 7.47. The van der Waals surface area contributed by atoms with Crippen LogP contribution in [0.4, 0.5) is 5.69 Å². The molecule has 24 heavy (non-hydrogen) atoms. The molecule has 0 aliphatic heterocycles. The first-order chi connectivity index (χ1) is 11.3. The number of anilines is 1. The third-order valence-electron chi connectivity index (χ3n) is 3.73. The average molecular weight is 347 g/mol. The Labute approximate surface area is 142 Å². The van der Waals surface area contributed by atoms with Crippen molar-refractivity contribution in [3.05, 3.63) is 59.2 Å². The molecule has 0 radical (unpaired) electrons. The van der Waals surface area contributed by atoms with Crippen molar-refractivity contribution in [1.82, 2.24) is 0 Å². The molecule has 0 saturated heterocycles. The molecule has 0 aliphatic rings. The van der Waals surface area contributed by atoms with Crippen LogP contribution in [0.15, 0.2) is 47.4 Å². The van der Waals surface area contributed by atoms with E-state index in [0.717, 1.165) is 5.56 Å². The Morgan fingerprint density at radius 2 is 1.79 bits per heavy atom. The smallest absolute Gasteiger partial charge is 0.337 e. The molecule has 5 nitrogen and oxygen atoms in total. The number of sulfonamides is 1. The van der Waals surface area contributed by atoms with Crippen LogP contribution in [0.3, 0.4) is 0 Å². The van der Waals surface area contributed by atoms with Crippen molar-refractivity contribution < 1.29 is 17.9 Å². The summed E-state index contributed by atoms with van der Waals surface area (Å²) < 4.78 is 32.9. The lowest BCUT2D eigenvalue weighted by Crippen LogP contribution is -2.16. The zero-order chi connectivity index (χ0) is 17.9. The number of ether oxygens (including phenoxy) is 1. The van der Waals surface area contributed by atoms with E-state index in [-0.39, 0.29) is 16.4 Å². The number of esters is 1. The van der Waals surface area contributed by atoms with Gasteiger partial charge < -0.3 is 4.74 Å². The van der Waals surface area contributed by atoms with Crippen molar-refractivity contribution in [3.63, 3.8) is 0 Å². The van der Waals surface area contributed by atoms with Crippen LogP contribution in [0, 0.1) is 6.92 Å². The quantitative estimate of drug-likeness (QED) is 0.837. The van der Waals surface area contributed by atoms with Crippen LogP contribution in [0.1, 0.15) is 41.3 Å². The zero-order valence-corrected chi connectivity index (χ0v) is 15.0. The molecule has 0 aliphatic carbocycles. The van der Waals surface area contributed by atoms with E-state index in [1.54, 1.807) is 31.2 Å². The van der Waals surface area contributed by atoms with Gasteiger partial charge in [-0.15, -0.1) is 0 Å². The number of rotatable bonds is 5. The van der Waals surface area contributed by atoms with E-state index in [1.807, 2.05) is 26.0 Å². The number of benzene rings is 2. The third-order valence-corrected chi connectivity index (χ3v) is 5.23. The highest BCUT2D eigenvalue weighted by Gasteiger charge is 2.21. The Morgan fingerprint density at radius 3 is 2.42 bits per heavy atom. The molecule has 0 fully saturated rings. The summed E-state index contributed by atoms with van der Waals surface area (Å²) in [5.74, 6) is -0.402. The Hall–Kier alpha value is -2.34. The van der Waals surface area contributed by atoms with Gasteiger partial charge in [-0.25, -0.2) is 13.2 Å². The highest BCUT2D eigenvalue weighted by Crippen LogP contribution is 2.27. The first kappa shape index (κ1) is 18.0. The van der Waals surface area contributed by atoms with E-state index in [2.05, 4.69) is 9.46 Å². The van der Waals surface area contributed by atoms with E-state index in [1.165, 1.54) is 13.2 Å². The van der Waals surface area contributed by atoms with E-state index in [0.29, 0.717) is 11.3 Å². The van der Waals surface area contributed by atoms with Gasteiger partial charge >= 0.3 is 5.97 Å². The molecule has 0 amide bonds. The van der Waals surface area contributed by atoms with Crippen molar-refractivity contribution >= 4 is 21.7 Å². The van der Waals surface area contributed by atoms with Crippen LogP contribution in [0.2, 0.25) is 0 Å². The summed E-state index contributed by atoms with van der Waals surface area (Å²) in [5, 5.41) is 0. The topological polar surface area (TPSA) is 72.5 Å². The molecule has 0 unspecified atom stereocenters. The van der Waals surface area contributed by atoms with Gasteiger partial charge in [0.1, 0.15) is 0 Å². The zero-order valence-electron chi connectivity index (χ0n) is 14.2. The van der Waals surface area contributed by atoms with Crippen LogP contribution in [-0.4, -0.2) is 21.5 Å². The van der Waals surface area contributed by atoms with Gasteiger partial charge in [-0.05, 0) is 42.2 Å². The molecule has 2 aromatic rings. The van der Waals surface area contributed by atoms with Gasteiger partial charge in [-0.2, -0.15) is 0 Å². The maximum atomic E-state index is 12.8. The van der Waals surface area contributed by atoms with E-state index < -0.39 is 16.0 Å². The minimum absolute atomic E-state index is 0.0592. The first-order valence-corrected chi connectivity index (χ1v) is 9.05. The molecule has 1 N–H and O–H groups in total. The van der Waals surface area contributed by atoms with Crippen molar-refractivity contribution in [2.24, 2.45) is 0 Å². The van der Waals surface area contributed by atoms with Crippen LogP contribution in [0.5, 0.6) is 0 Å². The lowest BCUT2D eigenvalue weighted by Gasteiger charge is -2.16. The second-order valence-electron chi connectivity index (χ2n) is 5.82. The van der Waals surface area contributed by atoms with Gasteiger partial charge in [0.2, 0.25) is 0 Å². The maximum Gasteiger partial charge on any atom is 0.337 e. The van der Waals surface area contributed by atoms with Crippen LogP contribution >= 0.6 is 0 Å². The van der Waals surface area contributed by atoms with Crippen molar-refractivity contribution in [2.45, 2.75) is 31.6 Å². The van der Waals surface area contributed by atoms with Crippen molar-refractivity contribution in [3.8, 4) is 0 Å². The predicted octanol–water partition coefficient (Wildman–Crippen LogP) is 3.71. The molecule has 2 aromatic carbocycles. The van der Waals surface area contributed by atoms with Gasteiger partial charge in [-0.3, -0.25) is 4.72 Å². The molecular formula is C18H21NO4S. The number of aryl methyl sites for hydroxylation is 1. The average Bonchev–Trinajstić information content (AvgIpc) is 2.54. The van der Waals surface area contributed by atoms with Crippen LogP contribution < -0.4 is 4.72 Å². The lowest BCUT2D eigenvalue weighted by molar-refractivity contribution is 0.0600. The van der Waals surface area contributed by atoms with Gasteiger partial charge in [-0.1, -0.05) is 38.1 Å². The third kappa shape index (κ3) is 3.76. The Kier molecular flexibility index (Phi) is 5.29. The first-order valence-electron chi connectivity index (χ1n) is 7.57. The summed E-state index contributed by atoms with van der Waals surface area (Å²) in [7, 11) is -2.56. The second kappa shape index (κ2) is 7.05. The monoisotopic (exact) mass is 347 g/mol. The number of hydrogen-bond acceptors (Lipinski definition) is 4. The number of hydrogen-bond donors (Lipinski definition) is 1. The van der Waals surface area contributed by atoms with Crippen LogP contribution in [0.25, 0.3) is 0 Å². The summed E-state index contributed by atoms with van der Waals surface area (Å²) in [4.78, 5) is 11.7. The SMILES string of the molecule is COC(=O)c1ccc(C)c(S(=O)(=O)Nc2ccccc2C(C)C)c1. The fourth-order valence-corrected chi connectivity index (χ4v) is 3.79. The van der Waals surface area contributed by atoms with Crippen molar-refractivity contribution in [1.29, 1.82) is 0 Å². The van der Waals surface area contributed by atoms with Crippen LogP contribution in [-0.2, 0) is 14.8 Å². The maximum absolute atomic E-state index is 12.8. The standard InChI is InChI=1S/C18H21NO4S/c1-12(2)15-7-5-6-8-16(15)19-24(21,22)17-11-14(18(20)23-4)10-9-13(17)3/h5-12,19H,1-4H3. The summed E-state index contributed by atoms with van der Waals surface area (Å²) in [5.41, 5.74) is 2.19. The number of carbonyl (C=O) groups excluding carboxylic acids is 1. The molecule has 0 saturated carbocycles. The molecule has 0 atom stereocenters. The molecule has 0 aromatic heterocycles. The molecule has 128 valence electrons. The fraction of sp³-hybridized carbons (Fsp3) is 0.278. The molecule has 2 rings (SSSR count). The summed E-state index contributed by atoms with van der Waals surface area (Å²) in [6.07, 6.45) is 0. The molecule has 0 bridgehead atoms. The predicted molar refractivity (Wildman–Crippen MR) is 93.9 cm³/mol. The number of carbonyl (C=O) groups is 1. The van der Waals surface area contributed by atoms with E-state index >= 15 is 0 Å². The minimum atomic E-state index is -3.82.